The van der Waals surface area contributed by atoms with Gasteiger partial charge in [-0.05, 0) is 6.42 Å². The number of nitrogens with zero attached hydrogens (tertiary/aromatic N) is 2. The molecule has 0 atom stereocenters. The largest absolute Gasteiger partial charge is 0.416 e. The maximum absolute atomic E-state index is 5.23. The Morgan fingerprint density at radius 2 is 2.08 bits per heavy atom. The average molecular weight is 280 g/mol. The lowest BCUT2D eigenvalue weighted by atomic mass is 10.2. The van der Waals surface area contributed by atoms with Crippen molar-refractivity contribution >= 4 is 22.6 Å². The summed E-state index contributed by atoms with van der Waals surface area (Å²) in [6.07, 6.45) is 5.91. The number of hydrogen-bond acceptors (Lipinski definition) is 3. The first-order valence-electron chi connectivity index (χ1n) is 4.31. The highest BCUT2D eigenvalue weighted by atomic mass is 127. The van der Waals surface area contributed by atoms with Crippen LogP contribution in [0.5, 0.6) is 0 Å². The maximum Gasteiger partial charge on any atom is 0.278 e. The van der Waals surface area contributed by atoms with Gasteiger partial charge in [0.1, 0.15) is 0 Å². The third-order valence-corrected chi connectivity index (χ3v) is 2.12. The van der Waals surface area contributed by atoms with Crippen LogP contribution in [0.15, 0.2) is 4.42 Å². The van der Waals surface area contributed by atoms with Gasteiger partial charge in [-0.1, -0.05) is 26.2 Å². The highest BCUT2D eigenvalue weighted by Crippen LogP contribution is 2.07. The Balaban J connectivity index is 2.15. The first-order valence-corrected chi connectivity index (χ1v) is 5.38. The van der Waals surface area contributed by atoms with Gasteiger partial charge in [-0.15, -0.1) is 10.2 Å². The van der Waals surface area contributed by atoms with Gasteiger partial charge in [0.05, 0.1) is 0 Å². The van der Waals surface area contributed by atoms with Crippen molar-refractivity contribution < 1.29 is 4.42 Å². The van der Waals surface area contributed by atoms with E-state index in [4.69, 9.17) is 4.42 Å². The number of aryl methyl sites for hydroxylation is 1. The van der Waals surface area contributed by atoms with Crippen molar-refractivity contribution in [1.29, 1.82) is 0 Å². The van der Waals surface area contributed by atoms with E-state index in [1.165, 1.54) is 19.3 Å². The third kappa shape index (κ3) is 3.51. The van der Waals surface area contributed by atoms with Crippen molar-refractivity contribution in [2.24, 2.45) is 0 Å². The van der Waals surface area contributed by atoms with E-state index in [1.54, 1.807) is 0 Å². The minimum Gasteiger partial charge on any atom is -0.416 e. The van der Waals surface area contributed by atoms with Gasteiger partial charge in [0.15, 0.2) is 0 Å². The van der Waals surface area contributed by atoms with Crippen molar-refractivity contribution in [1.82, 2.24) is 10.2 Å². The third-order valence-electron chi connectivity index (χ3n) is 1.69. The van der Waals surface area contributed by atoms with Crippen LogP contribution in [0.25, 0.3) is 0 Å². The van der Waals surface area contributed by atoms with Crippen LogP contribution in [0.4, 0.5) is 0 Å². The fourth-order valence-electron chi connectivity index (χ4n) is 1.04. The lowest BCUT2D eigenvalue weighted by Gasteiger charge is -1.93. The van der Waals surface area contributed by atoms with E-state index in [0.29, 0.717) is 3.90 Å². The summed E-state index contributed by atoms with van der Waals surface area (Å²) in [5, 5.41) is 7.67. The van der Waals surface area contributed by atoms with Gasteiger partial charge in [0.2, 0.25) is 5.89 Å². The van der Waals surface area contributed by atoms with Crippen molar-refractivity contribution in [2.75, 3.05) is 0 Å². The van der Waals surface area contributed by atoms with Gasteiger partial charge in [-0.3, -0.25) is 0 Å². The second-order valence-corrected chi connectivity index (χ2v) is 3.68. The highest BCUT2D eigenvalue weighted by Gasteiger charge is 2.01. The minimum atomic E-state index is 0.637. The molecule has 3 nitrogen and oxygen atoms in total. The molecule has 0 spiro atoms. The number of unbranched alkanes of at least 4 members (excludes halogenated alkanes) is 3. The zero-order valence-electron chi connectivity index (χ0n) is 7.22. The Bertz CT molecular complexity index is 225. The van der Waals surface area contributed by atoms with Crippen molar-refractivity contribution in [3.05, 3.63) is 9.79 Å². The van der Waals surface area contributed by atoms with Crippen LogP contribution < -0.4 is 0 Å². The Hall–Kier alpha value is -0.130. The normalized spacial score (nSPS) is 10.5. The SMILES string of the molecule is CCCCCCc1nnc(I)o1. The van der Waals surface area contributed by atoms with Crippen LogP contribution in [0.2, 0.25) is 0 Å². The second-order valence-electron chi connectivity index (χ2n) is 2.76. The molecule has 1 heterocycles. The minimum absolute atomic E-state index is 0.637. The highest BCUT2D eigenvalue weighted by molar-refractivity contribution is 14.1. The van der Waals surface area contributed by atoms with E-state index in [0.717, 1.165) is 18.7 Å². The molecule has 0 amide bonds. The van der Waals surface area contributed by atoms with E-state index in [1.807, 2.05) is 22.6 Å². The second kappa shape index (κ2) is 5.50. The molecule has 0 radical (unpaired) electrons. The molecule has 1 aromatic rings. The van der Waals surface area contributed by atoms with E-state index in [9.17, 15) is 0 Å². The molecule has 0 N–H and O–H groups in total. The van der Waals surface area contributed by atoms with Crippen LogP contribution in [0, 0.1) is 3.90 Å². The molecule has 0 saturated heterocycles. The lowest BCUT2D eigenvalue weighted by Crippen LogP contribution is -1.85. The molecule has 1 aromatic heterocycles. The summed E-state index contributed by atoms with van der Waals surface area (Å²) in [6.45, 7) is 2.20. The topological polar surface area (TPSA) is 38.9 Å². The van der Waals surface area contributed by atoms with Gasteiger partial charge >= 0.3 is 0 Å². The van der Waals surface area contributed by atoms with Gasteiger partial charge in [0.25, 0.3) is 3.90 Å². The molecule has 0 saturated carbocycles. The molecular weight excluding hydrogens is 267 g/mol. The van der Waals surface area contributed by atoms with Gasteiger partial charge < -0.3 is 4.42 Å². The van der Waals surface area contributed by atoms with E-state index < -0.39 is 0 Å². The van der Waals surface area contributed by atoms with Gasteiger partial charge in [0, 0.05) is 29.0 Å². The van der Waals surface area contributed by atoms with Crippen LogP contribution in [0.3, 0.4) is 0 Å². The zero-order valence-corrected chi connectivity index (χ0v) is 9.37. The Morgan fingerprint density at radius 1 is 1.25 bits per heavy atom. The van der Waals surface area contributed by atoms with E-state index >= 15 is 0 Å². The number of hydrogen-bond donors (Lipinski definition) is 0. The smallest absolute Gasteiger partial charge is 0.278 e. The molecule has 68 valence electrons. The van der Waals surface area contributed by atoms with E-state index in [2.05, 4.69) is 17.1 Å². The molecular formula is C8H13IN2O. The van der Waals surface area contributed by atoms with E-state index in [-0.39, 0.29) is 0 Å². The van der Waals surface area contributed by atoms with Crippen molar-refractivity contribution in [3.63, 3.8) is 0 Å². The van der Waals surface area contributed by atoms with Crippen LogP contribution in [-0.2, 0) is 6.42 Å². The molecule has 0 bridgehead atoms. The maximum atomic E-state index is 5.23. The lowest BCUT2D eigenvalue weighted by molar-refractivity contribution is 0.458. The Morgan fingerprint density at radius 3 is 2.67 bits per heavy atom. The summed E-state index contributed by atoms with van der Waals surface area (Å²) >= 11 is 2.03. The van der Waals surface area contributed by atoms with Crippen LogP contribution in [-0.4, -0.2) is 10.2 Å². The van der Waals surface area contributed by atoms with Crippen molar-refractivity contribution in [3.8, 4) is 0 Å². The molecule has 12 heavy (non-hydrogen) atoms. The summed E-state index contributed by atoms with van der Waals surface area (Å²) < 4.78 is 5.87. The quantitative estimate of drug-likeness (QED) is 0.615. The fraction of sp³-hybridized carbons (Fsp3) is 0.750. The number of rotatable bonds is 5. The molecule has 1 rings (SSSR count). The zero-order chi connectivity index (χ0) is 8.81. The standard InChI is InChI=1S/C8H13IN2O/c1-2-3-4-5-6-7-10-11-8(9)12-7/h2-6H2,1H3. The molecule has 0 aliphatic rings. The average Bonchev–Trinajstić information content (AvgIpc) is 2.45. The summed E-state index contributed by atoms with van der Waals surface area (Å²) in [6, 6.07) is 0. The summed E-state index contributed by atoms with van der Waals surface area (Å²) in [4.78, 5) is 0. The number of aromatic nitrogens is 2. The molecule has 0 fully saturated rings. The predicted molar refractivity (Wildman–Crippen MR) is 54.9 cm³/mol. The summed E-state index contributed by atoms with van der Waals surface area (Å²) in [5.41, 5.74) is 0. The molecule has 0 aliphatic carbocycles. The predicted octanol–water partition coefficient (Wildman–Crippen LogP) is 2.80. The molecule has 0 aromatic carbocycles. The molecule has 4 heteroatoms. The molecule has 0 unspecified atom stereocenters. The Labute approximate surface area is 86.1 Å². The first-order chi connectivity index (χ1) is 5.83. The summed E-state index contributed by atoms with van der Waals surface area (Å²) in [5.74, 6) is 0.774. The van der Waals surface area contributed by atoms with Gasteiger partial charge in [-0.25, -0.2) is 0 Å². The molecule has 0 aliphatic heterocycles. The fourth-order valence-corrected chi connectivity index (χ4v) is 1.40. The Kier molecular flexibility index (Phi) is 4.57. The number of halogens is 1. The first kappa shape index (κ1) is 9.95. The van der Waals surface area contributed by atoms with Crippen LogP contribution >= 0.6 is 22.6 Å². The monoisotopic (exact) mass is 280 g/mol. The van der Waals surface area contributed by atoms with Crippen molar-refractivity contribution in [2.45, 2.75) is 39.0 Å². The van der Waals surface area contributed by atoms with Gasteiger partial charge in [-0.2, -0.15) is 0 Å². The summed E-state index contributed by atoms with van der Waals surface area (Å²) in [7, 11) is 0. The van der Waals surface area contributed by atoms with Crippen LogP contribution in [0.1, 0.15) is 38.5 Å².